The van der Waals surface area contributed by atoms with Crippen molar-refractivity contribution >= 4 is 22.7 Å². The molecule has 0 aliphatic carbocycles. The second-order valence-electron chi connectivity index (χ2n) is 7.90. The van der Waals surface area contributed by atoms with Crippen LogP contribution in [-0.4, -0.2) is 46.1 Å². The van der Waals surface area contributed by atoms with Crippen molar-refractivity contribution in [1.29, 1.82) is 5.26 Å². The molecule has 0 unspecified atom stereocenters. The fourth-order valence-corrected chi connectivity index (χ4v) is 4.67. The van der Waals surface area contributed by atoms with Gasteiger partial charge >= 0.3 is 0 Å². The molecular weight excluding hydrogens is 338 g/mol. The van der Waals surface area contributed by atoms with Gasteiger partial charge < -0.3 is 14.8 Å². The van der Waals surface area contributed by atoms with Crippen molar-refractivity contribution in [1.82, 2.24) is 19.9 Å². The van der Waals surface area contributed by atoms with Crippen molar-refractivity contribution in [3.05, 3.63) is 42.5 Å². The fourth-order valence-electron chi connectivity index (χ4n) is 4.67. The van der Waals surface area contributed by atoms with E-state index in [2.05, 4.69) is 48.8 Å². The number of hydrogen-bond acceptors (Lipinski definition) is 6. The molecule has 136 valence electrons. The van der Waals surface area contributed by atoms with Gasteiger partial charge in [-0.2, -0.15) is 5.26 Å². The van der Waals surface area contributed by atoms with E-state index in [4.69, 9.17) is 5.26 Å². The number of nitriles is 1. The lowest BCUT2D eigenvalue weighted by molar-refractivity contribution is 0.216. The van der Waals surface area contributed by atoms with Crippen LogP contribution in [0.2, 0.25) is 0 Å². The number of rotatable bonds is 2. The quantitative estimate of drug-likeness (QED) is 0.757. The summed E-state index contributed by atoms with van der Waals surface area (Å²) in [6.45, 7) is 6.35. The largest absolute Gasteiger partial charge is 0.356 e. The minimum absolute atomic E-state index is 0.182. The van der Waals surface area contributed by atoms with Crippen LogP contribution < -0.4 is 9.80 Å². The number of nitrogens with zero attached hydrogens (tertiary/aromatic N) is 6. The van der Waals surface area contributed by atoms with Crippen molar-refractivity contribution in [2.75, 3.05) is 36.0 Å². The Labute approximate surface area is 157 Å². The summed E-state index contributed by atoms with van der Waals surface area (Å²) in [6.07, 6.45) is 6.37. The summed E-state index contributed by atoms with van der Waals surface area (Å²) in [6, 6.07) is 8.01. The summed E-state index contributed by atoms with van der Waals surface area (Å²) in [5, 5.41) is 10.1. The van der Waals surface area contributed by atoms with Crippen molar-refractivity contribution in [2.24, 2.45) is 11.3 Å². The van der Waals surface area contributed by atoms with E-state index in [0.717, 1.165) is 55.3 Å². The molecule has 0 aromatic carbocycles. The molecule has 0 bridgehead atoms. The normalized spacial score (nSPS) is 24.8. The van der Waals surface area contributed by atoms with Gasteiger partial charge in [0.1, 0.15) is 29.7 Å². The van der Waals surface area contributed by atoms with Gasteiger partial charge in [0, 0.05) is 44.0 Å². The highest BCUT2D eigenvalue weighted by Gasteiger charge is 2.47. The van der Waals surface area contributed by atoms with Gasteiger partial charge in [-0.1, -0.05) is 6.92 Å². The highest BCUT2D eigenvalue weighted by molar-refractivity contribution is 5.87. The predicted octanol–water partition coefficient (Wildman–Crippen LogP) is 2.58. The first-order valence-corrected chi connectivity index (χ1v) is 9.30. The molecule has 3 aromatic rings. The van der Waals surface area contributed by atoms with Crippen LogP contribution in [0.3, 0.4) is 0 Å². The maximum absolute atomic E-state index is 8.98. The summed E-state index contributed by atoms with van der Waals surface area (Å²) in [5.41, 5.74) is 1.68. The summed E-state index contributed by atoms with van der Waals surface area (Å²) in [7, 11) is 0. The van der Waals surface area contributed by atoms with Crippen molar-refractivity contribution in [2.45, 2.75) is 13.3 Å². The Hall–Kier alpha value is -3.14. The average molecular weight is 359 g/mol. The average Bonchev–Trinajstić information content (AvgIpc) is 3.31. The minimum atomic E-state index is 0.182. The first-order valence-electron chi connectivity index (χ1n) is 9.30. The van der Waals surface area contributed by atoms with E-state index in [0.29, 0.717) is 11.5 Å². The maximum atomic E-state index is 8.98. The van der Waals surface area contributed by atoms with Gasteiger partial charge in [0.25, 0.3) is 0 Å². The smallest absolute Gasteiger partial charge is 0.142 e. The monoisotopic (exact) mass is 359 g/mol. The summed E-state index contributed by atoms with van der Waals surface area (Å²) in [5.74, 6) is 2.62. The molecule has 2 aliphatic rings. The van der Waals surface area contributed by atoms with Gasteiger partial charge in [-0.15, -0.1) is 0 Å². The van der Waals surface area contributed by atoms with E-state index in [-0.39, 0.29) is 5.41 Å². The number of anilines is 2. The van der Waals surface area contributed by atoms with E-state index in [9.17, 15) is 0 Å². The Morgan fingerprint density at radius 2 is 2.07 bits per heavy atom. The van der Waals surface area contributed by atoms with Gasteiger partial charge in [0.15, 0.2) is 0 Å². The van der Waals surface area contributed by atoms with Crippen LogP contribution in [0.1, 0.15) is 18.9 Å². The van der Waals surface area contributed by atoms with Gasteiger partial charge in [-0.3, -0.25) is 0 Å². The number of hydrogen-bond donors (Lipinski definition) is 1. The Balaban J connectivity index is 1.40. The molecule has 3 aromatic heterocycles. The molecule has 5 heterocycles. The van der Waals surface area contributed by atoms with Crippen molar-refractivity contribution in [3.63, 3.8) is 0 Å². The number of nitrogens with one attached hydrogen (secondary N) is 1. The van der Waals surface area contributed by atoms with E-state index in [1.54, 1.807) is 12.5 Å². The fraction of sp³-hybridized carbons (Fsp3) is 0.400. The van der Waals surface area contributed by atoms with Gasteiger partial charge in [-0.05, 0) is 30.5 Å². The number of fused-ring (bicyclic) bond motifs is 2. The van der Waals surface area contributed by atoms with Gasteiger partial charge in [0.2, 0.25) is 0 Å². The molecule has 0 amide bonds. The third-order valence-electron chi connectivity index (χ3n) is 6.11. The van der Waals surface area contributed by atoms with Crippen LogP contribution in [0.4, 0.5) is 11.6 Å². The number of pyridine rings is 1. The summed E-state index contributed by atoms with van der Waals surface area (Å²) >= 11 is 0. The van der Waals surface area contributed by atoms with E-state index >= 15 is 0 Å². The molecular formula is C20H21N7. The lowest BCUT2D eigenvalue weighted by atomic mass is 9.75. The number of piperidine rings is 1. The van der Waals surface area contributed by atoms with Gasteiger partial charge in [-0.25, -0.2) is 15.0 Å². The molecule has 27 heavy (non-hydrogen) atoms. The third-order valence-corrected chi connectivity index (χ3v) is 6.11. The lowest BCUT2D eigenvalue weighted by Gasteiger charge is -2.42. The number of aromatic nitrogens is 4. The summed E-state index contributed by atoms with van der Waals surface area (Å²) in [4.78, 5) is 21.3. The first kappa shape index (κ1) is 16.1. The SMILES string of the molecule is C[C@]12CN(c3ccc(C#N)cn3)C[C@@H]1CCN(c1ncnc3[nH]ccc13)C2. The minimum Gasteiger partial charge on any atom is -0.356 e. The molecule has 0 radical (unpaired) electrons. The topological polar surface area (TPSA) is 84.7 Å². The zero-order valence-corrected chi connectivity index (χ0v) is 15.3. The molecule has 2 atom stereocenters. The Morgan fingerprint density at radius 1 is 1.19 bits per heavy atom. The second kappa shape index (κ2) is 5.95. The molecule has 5 rings (SSSR count). The molecule has 0 spiro atoms. The zero-order chi connectivity index (χ0) is 18.4. The second-order valence-corrected chi connectivity index (χ2v) is 7.90. The van der Waals surface area contributed by atoms with Gasteiger partial charge in [0.05, 0.1) is 10.9 Å². The van der Waals surface area contributed by atoms with E-state index in [1.807, 2.05) is 18.3 Å². The van der Waals surface area contributed by atoms with Crippen LogP contribution in [0.25, 0.3) is 11.0 Å². The van der Waals surface area contributed by atoms with E-state index in [1.165, 1.54) is 0 Å². The zero-order valence-electron chi connectivity index (χ0n) is 15.3. The van der Waals surface area contributed by atoms with Crippen LogP contribution in [0.5, 0.6) is 0 Å². The Morgan fingerprint density at radius 3 is 2.89 bits per heavy atom. The molecule has 2 saturated heterocycles. The number of aromatic amines is 1. The Kier molecular flexibility index (Phi) is 3.54. The van der Waals surface area contributed by atoms with Crippen LogP contribution in [-0.2, 0) is 0 Å². The molecule has 7 nitrogen and oxygen atoms in total. The van der Waals surface area contributed by atoms with Crippen LogP contribution >= 0.6 is 0 Å². The molecule has 2 aliphatic heterocycles. The lowest BCUT2D eigenvalue weighted by Crippen LogP contribution is -2.47. The standard InChI is InChI=1S/C20H21N7/c1-20-11-26(19-16-4-6-22-18(16)24-13-25-19)7-5-15(20)10-27(12-20)17-3-2-14(8-21)9-23-17/h2-4,6,9,13,15H,5,7,10-12H2,1H3,(H,22,24,25)/t15-,20-/m0/s1. The van der Waals surface area contributed by atoms with Crippen LogP contribution in [0.15, 0.2) is 36.9 Å². The molecule has 0 saturated carbocycles. The first-order chi connectivity index (χ1) is 13.2. The highest BCUT2D eigenvalue weighted by Crippen LogP contribution is 2.44. The highest BCUT2D eigenvalue weighted by atomic mass is 15.3. The Bertz CT molecular complexity index is 1020. The van der Waals surface area contributed by atoms with Crippen LogP contribution in [0, 0.1) is 22.7 Å². The predicted molar refractivity (Wildman–Crippen MR) is 103 cm³/mol. The molecule has 2 fully saturated rings. The maximum Gasteiger partial charge on any atom is 0.142 e. The molecule has 7 heteroatoms. The third kappa shape index (κ3) is 2.60. The van der Waals surface area contributed by atoms with E-state index < -0.39 is 0 Å². The molecule has 1 N–H and O–H groups in total. The number of H-pyrrole nitrogens is 1. The van der Waals surface area contributed by atoms with Crippen molar-refractivity contribution in [3.8, 4) is 6.07 Å². The summed E-state index contributed by atoms with van der Waals surface area (Å²) < 4.78 is 0. The van der Waals surface area contributed by atoms with Crippen molar-refractivity contribution < 1.29 is 0 Å².